The summed E-state index contributed by atoms with van der Waals surface area (Å²) < 4.78 is 1.48. The molecule has 0 bridgehead atoms. The van der Waals surface area contributed by atoms with Crippen molar-refractivity contribution in [3.05, 3.63) is 102 Å². The summed E-state index contributed by atoms with van der Waals surface area (Å²) in [5.74, 6) is -0.644. The summed E-state index contributed by atoms with van der Waals surface area (Å²) in [6.07, 6.45) is 3.71. The summed E-state index contributed by atoms with van der Waals surface area (Å²) in [6.45, 7) is 4.04. The molecule has 4 rings (SSSR count). The lowest BCUT2D eigenvalue weighted by Gasteiger charge is -2.19. The van der Waals surface area contributed by atoms with E-state index < -0.39 is 6.04 Å². The predicted octanol–water partition coefficient (Wildman–Crippen LogP) is 4.08. The Morgan fingerprint density at radius 3 is 2.32 bits per heavy atom. The number of carbonyl (C=O) groups is 2. The lowest BCUT2D eigenvalue weighted by atomic mass is 9.99. The molecule has 0 radical (unpaired) electrons. The van der Waals surface area contributed by atoms with Crippen LogP contribution in [0.15, 0.2) is 79.1 Å². The van der Waals surface area contributed by atoms with Crippen molar-refractivity contribution >= 4 is 17.5 Å². The molecule has 4 aromatic rings. The summed E-state index contributed by atoms with van der Waals surface area (Å²) in [7, 11) is 1.69. The maximum Gasteiger partial charge on any atom is 0.270 e. The van der Waals surface area contributed by atoms with Crippen molar-refractivity contribution in [1.82, 2.24) is 20.1 Å². The van der Waals surface area contributed by atoms with E-state index in [0.717, 1.165) is 27.9 Å². The lowest BCUT2D eigenvalue weighted by Crippen LogP contribution is -2.45. The molecule has 0 aliphatic carbocycles. The molecule has 2 N–H and O–H groups in total. The molecule has 2 heterocycles. The third kappa shape index (κ3) is 5.20. The van der Waals surface area contributed by atoms with Crippen LogP contribution in [0.5, 0.6) is 0 Å². The normalized spacial score (nSPS) is 11.6. The van der Waals surface area contributed by atoms with Gasteiger partial charge in [0.2, 0.25) is 5.91 Å². The zero-order valence-electron chi connectivity index (χ0n) is 19.4. The Labute approximate surface area is 198 Å². The number of rotatable bonds is 7. The van der Waals surface area contributed by atoms with Gasteiger partial charge in [-0.05, 0) is 54.8 Å². The zero-order valence-corrected chi connectivity index (χ0v) is 19.4. The average Bonchev–Trinajstić information content (AvgIpc) is 3.26. The second kappa shape index (κ2) is 10.1. The number of nitrogens with zero attached hydrogens (tertiary/aromatic N) is 3. The molecule has 7 nitrogen and oxygen atoms in total. The fourth-order valence-corrected chi connectivity index (χ4v) is 3.97. The fourth-order valence-electron chi connectivity index (χ4n) is 3.97. The summed E-state index contributed by atoms with van der Waals surface area (Å²) in [4.78, 5) is 30.4. The number of pyridine rings is 1. The molecule has 2 aromatic heterocycles. The first-order chi connectivity index (χ1) is 16.4. The van der Waals surface area contributed by atoms with Gasteiger partial charge in [0.25, 0.3) is 5.91 Å². The second-order valence-electron chi connectivity index (χ2n) is 8.21. The Bertz CT molecular complexity index is 1280. The molecule has 172 valence electrons. The Hall–Kier alpha value is -4.26. The van der Waals surface area contributed by atoms with Gasteiger partial charge in [0, 0.05) is 42.8 Å². The summed E-state index contributed by atoms with van der Waals surface area (Å²) in [5.41, 5.74) is 6.21. The minimum atomic E-state index is -0.757. The number of carbonyl (C=O) groups excluding carboxylic acids is 2. The van der Waals surface area contributed by atoms with Gasteiger partial charge in [-0.25, -0.2) is 0 Å². The number of aryl methyl sites for hydroxylation is 3. The van der Waals surface area contributed by atoms with Crippen molar-refractivity contribution in [2.45, 2.75) is 26.3 Å². The molecule has 7 heteroatoms. The van der Waals surface area contributed by atoms with E-state index in [9.17, 15) is 9.59 Å². The van der Waals surface area contributed by atoms with Crippen molar-refractivity contribution in [3.8, 4) is 11.1 Å². The SMILES string of the molecule is Cc1ccnc(C)c1-c1ccc(NC(=O)[C@H](Cc2ccccc2)NC(=O)c2ccnn2C)cc1. The number of benzene rings is 2. The standard InChI is InChI=1S/C27H27N5O2/c1-18-13-15-28-19(2)25(18)21-9-11-22(12-10-21)30-26(33)23(17-20-7-5-4-6-8-20)31-27(34)24-14-16-29-32(24)3/h4-16,23H,17H2,1-3H3,(H,30,33)(H,31,34)/t23-/m0/s1. The highest BCUT2D eigenvalue weighted by molar-refractivity contribution is 6.00. The Morgan fingerprint density at radius 2 is 1.68 bits per heavy atom. The van der Waals surface area contributed by atoms with Crippen molar-refractivity contribution in [3.63, 3.8) is 0 Å². The molecule has 0 spiro atoms. The summed E-state index contributed by atoms with van der Waals surface area (Å²) in [5, 5.41) is 9.84. The molecule has 0 unspecified atom stereocenters. The monoisotopic (exact) mass is 453 g/mol. The van der Waals surface area contributed by atoms with Gasteiger partial charge in [0.05, 0.1) is 0 Å². The maximum atomic E-state index is 13.2. The van der Waals surface area contributed by atoms with Gasteiger partial charge in [-0.2, -0.15) is 5.10 Å². The summed E-state index contributed by atoms with van der Waals surface area (Å²) in [6, 6.07) is 20.1. The fraction of sp³-hybridized carbons (Fsp3) is 0.185. The molecule has 2 amide bonds. The molecule has 1 atom stereocenters. The first kappa shape index (κ1) is 22.9. The zero-order chi connectivity index (χ0) is 24.1. The third-order valence-corrected chi connectivity index (χ3v) is 5.75. The molecular weight excluding hydrogens is 426 g/mol. The topological polar surface area (TPSA) is 88.9 Å². The number of hydrogen-bond donors (Lipinski definition) is 2. The van der Waals surface area contributed by atoms with Gasteiger partial charge in [-0.1, -0.05) is 42.5 Å². The number of anilines is 1. The molecule has 0 saturated carbocycles. The van der Waals surface area contributed by atoms with Crippen LogP contribution in [0.25, 0.3) is 11.1 Å². The van der Waals surface area contributed by atoms with Crippen LogP contribution >= 0.6 is 0 Å². The maximum absolute atomic E-state index is 13.2. The lowest BCUT2D eigenvalue weighted by molar-refractivity contribution is -0.118. The van der Waals surface area contributed by atoms with Crippen LogP contribution < -0.4 is 10.6 Å². The summed E-state index contributed by atoms with van der Waals surface area (Å²) >= 11 is 0. The van der Waals surface area contributed by atoms with Gasteiger partial charge < -0.3 is 10.6 Å². The molecule has 2 aromatic carbocycles. The number of amides is 2. The van der Waals surface area contributed by atoms with Crippen molar-refractivity contribution in [2.75, 3.05) is 5.32 Å². The molecule has 0 aliphatic rings. The van der Waals surface area contributed by atoms with Crippen LogP contribution in [-0.4, -0.2) is 32.6 Å². The van der Waals surface area contributed by atoms with E-state index in [4.69, 9.17) is 0 Å². The number of hydrogen-bond acceptors (Lipinski definition) is 4. The van der Waals surface area contributed by atoms with Gasteiger partial charge in [0.1, 0.15) is 11.7 Å². The van der Waals surface area contributed by atoms with Gasteiger partial charge in [-0.15, -0.1) is 0 Å². The second-order valence-corrected chi connectivity index (χ2v) is 8.21. The van der Waals surface area contributed by atoms with Crippen LogP contribution in [-0.2, 0) is 18.3 Å². The van der Waals surface area contributed by atoms with Crippen LogP contribution in [0.2, 0.25) is 0 Å². The van der Waals surface area contributed by atoms with Gasteiger partial charge in [-0.3, -0.25) is 19.3 Å². The molecule has 0 fully saturated rings. The van der Waals surface area contributed by atoms with Crippen LogP contribution in [0.1, 0.15) is 27.3 Å². The van der Waals surface area contributed by atoms with E-state index in [2.05, 4.69) is 27.6 Å². The number of aromatic nitrogens is 3. The van der Waals surface area contributed by atoms with Crippen molar-refractivity contribution < 1.29 is 9.59 Å². The Kier molecular flexibility index (Phi) is 6.82. The van der Waals surface area contributed by atoms with E-state index in [1.54, 1.807) is 25.5 Å². The first-order valence-corrected chi connectivity index (χ1v) is 11.1. The predicted molar refractivity (Wildman–Crippen MR) is 132 cm³/mol. The highest BCUT2D eigenvalue weighted by atomic mass is 16.2. The third-order valence-electron chi connectivity index (χ3n) is 5.75. The molecule has 34 heavy (non-hydrogen) atoms. The van der Waals surface area contributed by atoms with Crippen LogP contribution in [0.4, 0.5) is 5.69 Å². The van der Waals surface area contributed by atoms with Crippen LogP contribution in [0.3, 0.4) is 0 Å². The quantitative estimate of drug-likeness (QED) is 0.441. The average molecular weight is 454 g/mol. The Balaban J connectivity index is 1.52. The van der Waals surface area contributed by atoms with Gasteiger partial charge >= 0.3 is 0 Å². The molecule has 0 saturated heterocycles. The minimum Gasteiger partial charge on any atom is -0.339 e. The largest absolute Gasteiger partial charge is 0.339 e. The Morgan fingerprint density at radius 1 is 0.941 bits per heavy atom. The number of nitrogens with one attached hydrogen (secondary N) is 2. The smallest absolute Gasteiger partial charge is 0.270 e. The van der Waals surface area contributed by atoms with E-state index in [1.165, 1.54) is 4.68 Å². The minimum absolute atomic E-state index is 0.291. The molecular formula is C27H27N5O2. The van der Waals surface area contributed by atoms with Crippen molar-refractivity contribution in [2.24, 2.45) is 7.05 Å². The highest BCUT2D eigenvalue weighted by Gasteiger charge is 2.23. The van der Waals surface area contributed by atoms with Crippen LogP contribution in [0, 0.1) is 13.8 Å². The first-order valence-electron chi connectivity index (χ1n) is 11.1. The van der Waals surface area contributed by atoms with Crippen molar-refractivity contribution in [1.29, 1.82) is 0 Å². The van der Waals surface area contributed by atoms with Gasteiger partial charge in [0.15, 0.2) is 0 Å². The van der Waals surface area contributed by atoms with E-state index >= 15 is 0 Å². The van der Waals surface area contributed by atoms with E-state index in [1.807, 2.05) is 67.6 Å². The van der Waals surface area contributed by atoms with E-state index in [-0.39, 0.29) is 11.8 Å². The molecule has 0 aliphatic heterocycles. The highest BCUT2D eigenvalue weighted by Crippen LogP contribution is 2.27. The van der Waals surface area contributed by atoms with E-state index in [0.29, 0.717) is 17.8 Å².